The lowest BCUT2D eigenvalue weighted by molar-refractivity contribution is 0.631. The van der Waals surface area contributed by atoms with Gasteiger partial charge in [0.2, 0.25) is 0 Å². The maximum atomic E-state index is 6.26. The Bertz CT molecular complexity index is 2180. The summed E-state index contributed by atoms with van der Waals surface area (Å²) in [6, 6.07) is 58.0. The van der Waals surface area contributed by atoms with Crippen LogP contribution in [0, 0.1) is 0 Å². The van der Waals surface area contributed by atoms with Crippen LogP contribution in [-0.2, 0) is 0 Å². The van der Waals surface area contributed by atoms with Crippen LogP contribution < -0.4 is 4.90 Å². The van der Waals surface area contributed by atoms with E-state index in [1.54, 1.807) is 0 Å². The number of benzene rings is 7. The molecule has 0 amide bonds. The Labute approximate surface area is 244 Å². The molecule has 8 rings (SSSR count). The van der Waals surface area contributed by atoms with E-state index in [0.717, 1.165) is 39.4 Å². The zero-order valence-electron chi connectivity index (χ0n) is 22.9. The molecule has 42 heavy (non-hydrogen) atoms. The van der Waals surface area contributed by atoms with E-state index in [1.165, 1.54) is 32.7 Å². The van der Waals surface area contributed by atoms with Crippen LogP contribution in [0.4, 0.5) is 17.1 Å². The Hall–Kier alpha value is -5.60. The monoisotopic (exact) mass is 537 g/mol. The SMILES string of the molecule is c1ccc(-c2cccc(N(c3cccc(-c4cc5ccccc5o4)c3)c3ccc4c(ccc5ccccc54)c3)c2)cc1. The number of rotatable bonds is 5. The van der Waals surface area contributed by atoms with Gasteiger partial charge in [-0.1, -0.05) is 115 Å². The van der Waals surface area contributed by atoms with Crippen LogP contribution in [0.15, 0.2) is 168 Å². The molecule has 0 atom stereocenters. The Morgan fingerprint density at radius 2 is 0.976 bits per heavy atom. The summed E-state index contributed by atoms with van der Waals surface area (Å²) in [4.78, 5) is 2.34. The van der Waals surface area contributed by atoms with Crippen LogP contribution >= 0.6 is 0 Å². The summed E-state index contributed by atoms with van der Waals surface area (Å²) >= 11 is 0. The molecule has 8 aromatic rings. The Morgan fingerprint density at radius 1 is 0.357 bits per heavy atom. The van der Waals surface area contributed by atoms with E-state index in [-0.39, 0.29) is 0 Å². The fourth-order valence-electron chi connectivity index (χ4n) is 5.96. The van der Waals surface area contributed by atoms with Gasteiger partial charge >= 0.3 is 0 Å². The van der Waals surface area contributed by atoms with Crippen molar-refractivity contribution >= 4 is 49.6 Å². The minimum atomic E-state index is 0.862. The predicted octanol–water partition coefficient (Wildman–Crippen LogP) is 11.5. The first-order valence-electron chi connectivity index (χ1n) is 14.3. The van der Waals surface area contributed by atoms with E-state index in [1.807, 2.05) is 18.2 Å². The van der Waals surface area contributed by atoms with Crippen molar-refractivity contribution in [2.24, 2.45) is 0 Å². The van der Waals surface area contributed by atoms with Crippen LogP contribution in [0.2, 0.25) is 0 Å². The number of nitrogens with zero attached hydrogens (tertiary/aromatic N) is 1. The van der Waals surface area contributed by atoms with Gasteiger partial charge in [-0.15, -0.1) is 0 Å². The van der Waals surface area contributed by atoms with Gasteiger partial charge in [0.05, 0.1) is 0 Å². The van der Waals surface area contributed by atoms with E-state index in [4.69, 9.17) is 4.42 Å². The molecule has 1 aromatic heterocycles. The zero-order valence-corrected chi connectivity index (χ0v) is 22.9. The standard InChI is InChI=1S/C40H27NO/c1-2-10-28(11-3-1)30-14-8-16-34(24-30)41(36-22-23-38-31(25-36)21-20-29-12-4-6-18-37(29)38)35-17-9-15-32(26-35)40-27-33-13-5-7-19-39(33)42-40/h1-27H. The Kier molecular flexibility index (Phi) is 5.82. The van der Waals surface area contributed by atoms with E-state index < -0.39 is 0 Å². The van der Waals surface area contributed by atoms with Gasteiger partial charge in [0.1, 0.15) is 11.3 Å². The van der Waals surface area contributed by atoms with Crippen LogP contribution in [0.5, 0.6) is 0 Å². The van der Waals surface area contributed by atoms with Gasteiger partial charge in [-0.25, -0.2) is 0 Å². The summed E-state index contributed by atoms with van der Waals surface area (Å²) in [6.45, 7) is 0. The molecule has 0 fully saturated rings. The van der Waals surface area contributed by atoms with Gasteiger partial charge in [-0.05, 0) is 81.2 Å². The zero-order chi connectivity index (χ0) is 27.9. The molecular weight excluding hydrogens is 510 g/mol. The van der Waals surface area contributed by atoms with Gasteiger partial charge in [0.25, 0.3) is 0 Å². The fraction of sp³-hybridized carbons (Fsp3) is 0. The summed E-state index contributed by atoms with van der Waals surface area (Å²) in [7, 11) is 0. The number of hydrogen-bond donors (Lipinski definition) is 0. The second kappa shape index (κ2) is 10.1. The third-order valence-electron chi connectivity index (χ3n) is 8.01. The number of hydrogen-bond acceptors (Lipinski definition) is 2. The molecule has 0 aliphatic carbocycles. The van der Waals surface area contributed by atoms with Crippen LogP contribution in [0.3, 0.4) is 0 Å². The van der Waals surface area contributed by atoms with Crippen molar-refractivity contribution < 1.29 is 4.42 Å². The molecule has 0 bridgehead atoms. The van der Waals surface area contributed by atoms with E-state index >= 15 is 0 Å². The average Bonchev–Trinajstić information content (AvgIpc) is 3.50. The van der Waals surface area contributed by atoms with Crippen molar-refractivity contribution in [3.8, 4) is 22.5 Å². The third kappa shape index (κ3) is 4.31. The van der Waals surface area contributed by atoms with Crippen molar-refractivity contribution in [3.63, 3.8) is 0 Å². The maximum Gasteiger partial charge on any atom is 0.135 e. The van der Waals surface area contributed by atoms with E-state index in [2.05, 4.69) is 150 Å². The molecule has 0 unspecified atom stereocenters. The first-order chi connectivity index (χ1) is 20.8. The minimum absolute atomic E-state index is 0.862. The molecule has 0 aliphatic heterocycles. The Morgan fingerprint density at radius 3 is 1.81 bits per heavy atom. The van der Waals surface area contributed by atoms with Crippen molar-refractivity contribution in [2.75, 3.05) is 4.90 Å². The maximum absolute atomic E-state index is 6.26. The summed E-state index contributed by atoms with van der Waals surface area (Å²) in [6.07, 6.45) is 0. The number of furan rings is 1. The van der Waals surface area contributed by atoms with E-state index in [0.29, 0.717) is 0 Å². The fourth-order valence-corrected chi connectivity index (χ4v) is 5.96. The number of para-hydroxylation sites is 1. The molecule has 0 radical (unpaired) electrons. The lowest BCUT2D eigenvalue weighted by atomic mass is 10.0. The van der Waals surface area contributed by atoms with Crippen LogP contribution in [0.1, 0.15) is 0 Å². The van der Waals surface area contributed by atoms with Gasteiger partial charge in [-0.3, -0.25) is 0 Å². The smallest absolute Gasteiger partial charge is 0.135 e. The largest absolute Gasteiger partial charge is 0.456 e. The number of fused-ring (bicyclic) bond motifs is 4. The van der Waals surface area contributed by atoms with Crippen LogP contribution in [-0.4, -0.2) is 0 Å². The molecule has 0 N–H and O–H groups in total. The minimum Gasteiger partial charge on any atom is -0.456 e. The molecule has 0 spiro atoms. The van der Waals surface area contributed by atoms with Gasteiger partial charge in [-0.2, -0.15) is 0 Å². The molecule has 198 valence electrons. The second-order valence-electron chi connectivity index (χ2n) is 10.6. The van der Waals surface area contributed by atoms with Crippen LogP contribution in [0.25, 0.3) is 55.0 Å². The summed E-state index contributed by atoms with van der Waals surface area (Å²) in [5, 5.41) is 6.09. The molecule has 1 heterocycles. The van der Waals surface area contributed by atoms with Crippen molar-refractivity contribution in [2.45, 2.75) is 0 Å². The quantitative estimate of drug-likeness (QED) is 0.203. The molecule has 0 aliphatic rings. The molecule has 2 nitrogen and oxygen atoms in total. The predicted molar refractivity (Wildman–Crippen MR) is 177 cm³/mol. The van der Waals surface area contributed by atoms with Gasteiger partial charge in [0.15, 0.2) is 0 Å². The number of anilines is 3. The molecule has 7 aromatic carbocycles. The summed E-state index contributed by atoms with van der Waals surface area (Å²) < 4.78 is 6.26. The van der Waals surface area contributed by atoms with Crippen molar-refractivity contribution in [1.29, 1.82) is 0 Å². The van der Waals surface area contributed by atoms with Gasteiger partial charge < -0.3 is 9.32 Å². The molecule has 0 saturated heterocycles. The topological polar surface area (TPSA) is 16.4 Å². The highest BCUT2D eigenvalue weighted by Crippen LogP contribution is 2.40. The third-order valence-corrected chi connectivity index (χ3v) is 8.01. The highest BCUT2D eigenvalue weighted by atomic mass is 16.3. The lowest BCUT2D eigenvalue weighted by Gasteiger charge is -2.27. The first kappa shape index (κ1) is 24.2. The average molecular weight is 538 g/mol. The van der Waals surface area contributed by atoms with Crippen molar-refractivity contribution in [3.05, 3.63) is 164 Å². The molecule has 2 heteroatoms. The highest BCUT2D eigenvalue weighted by molar-refractivity contribution is 6.08. The second-order valence-corrected chi connectivity index (χ2v) is 10.6. The first-order valence-corrected chi connectivity index (χ1v) is 14.3. The summed E-state index contributed by atoms with van der Waals surface area (Å²) in [5.41, 5.74) is 7.58. The van der Waals surface area contributed by atoms with E-state index in [9.17, 15) is 0 Å². The van der Waals surface area contributed by atoms with Crippen molar-refractivity contribution in [1.82, 2.24) is 0 Å². The van der Waals surface area contributed by atoms with Gasteiger partial charge in [0, 0.05) is 28.0 Å². The normalized spacial score (nSPS) is 11.3. The molecule has 0 saturated carbocycles. The summed E-state index contributed by atoms with van der Waals surface area (Å²) in [5.74, 6) is 0.862. The lowest BCUT2D eigenvalue weighted by Crippen LogP contribution is -2.10. The Balaban J connectivity index is 1.31. The highest BCUT2D eigenvalue weighted by Gasteiger charge is 2.16. The molecular formula is C40H27NO.